The fourth-order valence-electron chi connectivity index (χ4n) is 9.33. The Morgan fingerprint density at radius 1 is 0.588 bits per heavy atom. The third-order valence-corrected chi connectivity index (χ3v) is 27.4. The van der Waals surface area contributed by atoms with Gasteiger partial charge in [0.05, 0.1) is 26.7 Å². The first kappa shape index (κ1) is 54.5. The average Bonchev–Trinajstić information content (AvgIpc) is 3.34. The number of hydrogen-bond acceptors (Lipinski definition) is 8. The van der Waals surface area contributed by atoms with Crippen LogP contribution in [0.4, 0.5) is 4.39 Å². The molecule has 4 aromatic carbocycles. The molecule has 2 aliphatic rings. The van der Waals surface area contributed by atoms with Crippen molar-refractivity contribution in [2.24, 2.45) is 0 Å². The zero-order valence-corrected chi connectivity index (χ0v) is 45.0. The topological polar surface area (TPSA) is 118 Å². The molecule has 2 heterocycles. The summed E-state index contributed by atoms with van der Waals surface area (Å²) < 4.78 is 44.0. The zero-order valence-electron chi connectivity index (χ0n) is 42.1. The predicted octanol–water partition coefficient (Wildman–Crippen LogP) is 13.3. The summed E-state index contributed by atoms with van der Waals surface area (Å²) in [6, 6.07) is 19.9. The Kier molecular flexibility index (Phi) is 20.4. The second kappa shape index (κ2) is 25.5. The largest absolute Gasteiger partial charge is 0.496 e. The number of unbranched alkanes of at least 4 members (excludes halogenated alkanes) is 3. The first-order valence-electron chi connectivity index (χ1n) is 24.5. The van der Waals surface area contributed by atoms with Gasteiger partial charge < -0.3 is 19.7 Å². The van der Waals surface area contributed by atoms with Crippen molar-refractivity contribution in [3.63, 3.8) is 0 Å². The third-order valence-electron chi connectivity index (χ3n) is 13.1. The molecule has 0 amide bonds. The number of aliphatic hydroxyl groups excluding tert-OH is 4. The molecule has 68 heavy (non-hydrogen) atoms. The van der Waals surface area contributed by atoms with Crippen LogP contribution in [0.2, 0.25) is 13.3 Å². The molecular weight excluding hydrogens is 961 g/mol. The van der Waals surface area contributed by atoms with Gasteiger partial charge >= 0.3 is 248 Å². The van der Waals surface area contributed by atoms with E-state index in [0.29, 0.717) is 46.5 Å². The van der Waals surface area contributed by atoms with Gasteiger partial charge in [0, 0.05) is 17.5 Å². The molecule has 0 bridgehead atoms. The number of hydrogen-bond donors (Lipinski definition) is 4. The van der Waals surface area contributed by atoms with Gasteiger partial charge in [0.15, 0.2) is 0 Å². The van der Waals surface area contributed by atoms with Crippen LogP contribution >= 0.6 is 0 Å². The minimum atomic E-state index is -2.66. The van der Waals surface area contributed by atoms with E-state index in [1.54, 1.807) is 19.2 Å². The van der Waals surface area contributed by atoms with E-state index in [0.717, 1.165) is 51.3 Å². The average molecular weight is 1040 g/mol. The van der Waals surface area contributed by atoms with E-state index in [-0.39, 0.29) is 37.6 Å². The van der Waals surface area contributed by atoms with Gasteiger partial charge in [-0.2, -0.15) is 0 Å². The summed E-state index contributed by atoms with van der Waals surface area (Å²) in [6.07, 6.45) is 17.7. The molecule has 8 nitrogen and oxygen atoms in total. The van der Waals surface area contributed by atoms with Gasteiger partial charge in [0.1, 0.15) is 17.1 Å². The van der Waals surface area contributed by atoms with Gasteiger partial charge in [-0.3, -0.25) is 0 Å². The molecule has 4 N–H and O–H groups in total. The van der Waals surface area contributed by atoms with Crippen LogP contribution in [-0.2, 0) is 39.3 Å². The van der Waals surface area contributed by atoms with Gasteiger partial charge in [0.2, 0.25) is 0 Å². The van der Waals surface area contributed by atoms with Gasteiger partial charge in [-0.15, -0.1) is 0 Å². The maximum Gasteiger partial charge on any atom is 0.127 e. The number of rotatable bonds is 22. The molecule has 0 atom stereocenters. The van der Waals surface area contributed by atoms with Crippen LogP contribution in [0, 0.1) is 0 Å². The molecule has 0 spiro atoms. The van der Waals surface area contributed by atoms with Crippen molar-refractivity contribution >= 4 is 41.7 Å². The van der Waals surface area contributed by atoms with Crippen molar-refractivity contribution in [1.29, 1.82) is 0 Å². The molecule has 0 aromatic heterocycles. The molecule has 368 valence electrons. The first-order valence-corrected chi connectivity index (χ1v) is 32.2. The smallest absolute Gasteiger partial charge is 0.127 e. The Hall–Kier alpha value is -4.39. The van der Waals surface area contributed by atoms with Crippen molar-refractivity contribution in [2.75, 3.05) is 14.2 Å². The van der Waals surface area contributed by atoms with E-state index in [1.165, 1.54) is 70.1 Å². The fraction of sp³-hybridized carbons (Fsp3) is 0.448. The quantitative estimate of drug-likeness (QED) is 0.0575. The van der Waals surface area contributed by atoms with Crippen molar-refractivity contribution in [2.45, 2.75) is 151 Å². The molecule has 0 aliphatic carbocycles. The van der Waals surface area contributed by atoms with Crippen LogP contribution in [0.5, 0.6) is 23.0 Å². The zero-order chi connectivity index (χ0) is 49.5. The van der Waals surface area contributed by atoms with Crippen LogP contribution in [0.25, 0.3) is 23.3 Å². The normalized spacial score (nSPS) is 14.9. The van der Waals surface area contributed by atoms with Gasteiger partial charge in [-0.25, -0.2) is 4.39 Å². The Labute approximate surface area is 410 Å². The number of allylic oxidation sites excluding steroid dienone is 2. The molecule has 0 saturated heterocycles. The Morgan fingerprint density at radius 2 is 1.00 bits per heavy atom. The van der Waals surface area contributed by atoms with Crippen LogP contribution in [0.3, 0.4) is 0 Å². The summed E-state index contributed by atoms with van der Waals surface area (Å²) in [5.74, 6) is 2.83. The number of methoxy groups -OCH3 is 2. The maximum atomic E-state index is 13.8. The summed E-state index contributed by atoms with van der Waals surface area (Å²) in [4.78, 5) is 0. The Balaban J connectivity index is 0.000000270. The minimum Gasteiger partial charge on any atom is -0.496 e. The van der Waals surface area contributed by atoms with Crippen molar-refractivity contribution in [3.8, 4) is 23.0 Å². The predicted molar refractivity (Wildman–Crippen MR) is 279 cm³/mol. The molecule has 2 aliphatic heterocycles. The standard InChI is InChI=1S/C23H25FO4.C23H25O4.3C4H9.Sn/c1-23(2)7-6-17-11-16(4-5-21(17)28-23)18(12-24)8-15-9-19(13-25)20(14-26)22(10-15)27-3;1-15(9-16-10-19(13-24)20(14-25)22(11-16)26-4)17-5-6-21-18(12-17)7-8-23(2,3)27-21;3*1-3-4-2;/h4-7,9-12,25-26H,8,13-14H2,1-3H3;1,5-8,10-12,24-25H,9,13-14H2,2-4H3;3*1,3-4H2,2H3;/b18-12-;;;;;/i24-1;;;;;. The molecule has 0 fully saturated rings. The summed E-state index contributed by atoms with van der Waals surface area (Å²) in [5, 5.41) is 39.2. The van der Waals surface area contributed by atoms with E-state index in [9.17, 15) is 24.8 Å². The number of ether oxygens (including phenoxy) is 4. The van der Waals surface area contributed by atoms with E-state index >= 15 is 0 Å². The van der Waals surface area contributed by atoms with Gasteiger partial charge in [-0.05, 0) is 60.4 Å². The monoisotopic (exact) mass is 1040 g/mol. The minimum absolute atomic E-state index is 0.122. The van der Waals surface area contributed by atoms with E-state index in [2.05, 4.69) is 69.1 Å². The molecule has 10 heteroatoms. The molecular formula is C58H77FO8Sn. The van der Waals surface area contributed by atoms with Crippen LogP contribution in [0.1, 0.15) is 143 Å². The van der Waals surface area contributed by atoms with Gasteiger partial charge in [-0.1, -0.05) is 18.2 Å². The van der Waals surface area contributed by atoms with Crippen LogP contribution in [0.15, 0.2) is 83.2 Å². The van der Waals surface area contributed by atoms with Crippen LogP contribution in [-0.4, -0.2) is 64.2 Å². The van der Waals surface area contributed by atoms with Crippen molar-refractivity contribution < 1.29 is 43.8 Å². The van der Waals surface area contributed by atoms with Crippen LogP contribution < -0.4 is 18.9 Å². The Morgan fingerprint density at radius 3 is 1.37 bits per heavy atom. The Bertz CT molecular complexity index is 2360. The van der Waals surface area contributed by atoms with Crippen molar-refractivity contribution in [1.82, 2.24) is 0 Å². The second-order valence-corrected chi connectivity index (χ2v) is 32.3. The summed E-state index contributed by atoms with van der Waals surface area (Å²) >= 11 is -2.66. The number of aliphatic hydroxyl groups is 4. The molecule has 0 saturated carbocycles. The van der Waals surface area contributed by atoms with E-state index in [4.69, 9.17) is 18.9 Å². The van der Waals surface area contributed by atoms with E-state index < -0.39 is 18.4 Å². The summed E-state index contributed by atoms with van der Waals surface area (Å²) in [6.45, 7) is 14.4. The molecule has 4 aromatic rings. The van der Waals surface area contributed by atoms with Crippen molar-refractivity contribution in [3.05, 3.63) is 139 Å². The SMILES string of the molecule is CCC[CH2][Sn](/[CH]=C(/Cc1cc(CO)c(CO)c(OC)c1)c1ccc2c(c1)C=CC(C)(C)O2)([CH2]CCC)[CH2]CCC.COc1cc(C/C(=C/[18F])c2ccc3c(c2)C=CC(C)(C)O3)cc(CO)c1CO. The van der Waals surface area contributed by atoms with Gasteiger partial charge in [0.25, 0.3) is 0 Å². The number of halogens is 1. The summed E-state index contributed by atoms with van der Waals surface area (Å²) in [7, 11) is 3.14. The maximum absolute atomic E-state index is 13.8. The summed E-state index contributed by atoms with van der Waals surface area (Å²) in [5.41, 5.74) is 9.68. The first-order chi connectivity index (χ1) is 32.6. The number of fused-ring (bicyclic) bond motifs is 2. The van der Waals surface area contributed by atoms with E-state index in [1.807, 2.05) is 56.3 Å². The third kappa shape index (κ3) is 14.3. The number of benzene rings is 4. The second-order valence-electron chi connectivity index (χ2n) is 19.4. The fourth-order valence-corrected chi connectivity index (χ4v) is 24.6. The molecule has 0 radical (unpaired) electrons. The molecule has 6 rings (SSSR count). The molecule has 0 unspecified atom stereocenters.